The molecule has 244 valence electrons. The first-order chi connectivity index (χ1) is 23.7. The minimum Gasteiger partial charge on any atom is -0.478 e. The van der Waals surface area contributed by atoms with Gasteiger partial charge >= 0.3 is 11.9 Å². The van der Waals surface area contributed by atoms with Crippen molar-refractivity contribution in [1.82, 2.24) is 20.6 Å². The molecular formula is C37H29N5O7. The van der Waals surface area contributed by atoms with Crippen molar-refractivity contribution in [3.8, 4) is 0 Å². The molecule has 12 heteroatoms. The Morgan fingerprint density at radius 1 is 0.714 bits per heavy atom. The summed E-state index contributed by atoms with van der Waals surface area (Å²) in [4.78, 5) is 71.4. The van der Waals surface area contributed by atoms with Gasteiger partial charge in [0.1, 0.15) is 0 Å². The molecule has 0 aliphatic carbocycles. The second-order valence-corrected chi connectivity index (χ2v) is 11.2. The molecule has 3 amide bonds. The van der Waals surface area contributed by atoms with E-state index in [9.17, 15) is 34.2 Å². The molecule has 1 atom stereocenters. The van der Waals surface area contributed by atoms with Crippen molar-refractivity contribution in [3.63, 3.8) is 0 Å². The van der Waals surface area contributed by atoms with E-state index in [0.717, 1.165) is 34.5 Å². The summed E-state index contributed by atoms with van der Waals surface area (Å²) < 4.78 is 0. The number of aromatic carboxylic acids is 2. The van der Waals surface area contributed by atoms with Crippen LogP contribution in [0.25, 0.3) is 21.8 Å². The summed E-state index contributed by atoms with van der Waals surface area (Å²) in [6.45, 7) is -0.0000615. The maximum absolute atomic E-state index is 13.7. The average Bonchev–Trinajstić information content (AvgIpc) is 3.58. The third-order valence-electron chi connectivity index (χ3n) is 8.05. The van der Waals surface area contributed by atoms with Crippen LogP contribution in [0.5, 0.6) is 0 Å². The van der Waals surface area contributed by atoms with Crippen molar-refractivity contribution in [2.45, 2.75) is 12.5 Å². The number of carbonyl (C=O) groups is 5. The molecule has 0 fully saturated rings. The van der Waals surface area contributed by atoms with Crippen molar-refractivity contribution in [2.24, 2.45) is 0 Å². The standard InChI is InChI=1S/C37H29N5O7/c43-33(38-18-23-11-6-10-21-9-4-5-12-27(21)23)28-16-31-32(41-20-40-31)17-29(28)34(44)39-19-30(22-7-2-1-3-8-22)35(45)42-26-14-24(36(46)47)13-25(15-26)37(48)49/h1-17,20,30H,18-19H2,(H,38,43)(H,39,44)(H,40,41)(H,42,45)(H,46,47)(H,48,49). The topological polar surface area (TPSA) is 191 Å². The molecule has 5 aromatic carbocycles. The predicted molar refractivity (Wildman–Crippen MR) is 182 cm³/mol. The van der Waals surface area contributed by atoms with Crippen LogP contribution in [-0.2, 0) is 11.3 Å². The molecule has 1 heterocycles. The molecule has 6 N–H and O–H groups in total. The summed E-state index contributed by atoms with van der Waals surface area (Å²) in [5.74, 6) is -5.45. The zero-order chi connectivity index (χ0) is 34.5. The Labute approximate surface area is 278 Å². The van der Waals surface area contributed by atoms with E-state index in [0.29, 0.717) is 16.6 Å². The van der Waals surface area contributed by atoms with Gasteiger partial charge in [-0.2, -0.15) is 0 Å². The third kappa shape index (κ3) is 7.13. The second kappa shape index (κ2) is 13.9. The van der Waals surface area contributed by atoms with Crippen LogP contribution in [0, 0.1) is 0 Å². The predicted octanol–water partition coefficient (Wildman–Crippen LogP) is 5.19. The number of H-pyrrole nitrogens is 1. The first-order valence-electron chi connectivity index (χ1n) is 15.2. The number of aromatic amines is 1. The minimum atomic E-state index is -1.36. The van der Waals surface area contributed by atoms with Gasteiger partial charge in [-0.3, -0.25) is 14.4 Å². The number of fused-ring (bicyclic) bond motifs is 2. The Balaban J connectivity index is 1.24. The van der Waals surface area contributed by atoms with Crippen molar-refractivity contribution >= 4 is 57.2 Å². The number of hydrogen-bond acceptors (Lipinski definition) is 6. The maximum atomic E-state index is 13.7. The van der Waals surface area contributed by atoms with Crippen LogP contribution in [-0.4, -0.2) is 56.4 Å². The fourth-order valence-electron chi connectivity index (χ4n) is 5.59. The summed E-state index contributed by atoms with van der Waals surface area (Å²) in [7, 11) is 0. The highest BCUT2D eigenvalue weighted by molar-refractivity contribution is 6.10. The molecule has 0 spiro atoms. The summed E-state index contributed by atoms with van der Waals surface area (Å²) in [5.41, 5.74) is 1.91. The Bertz CT molecular complexity index is 2210. The van der Waals surface area contributed by atoms with Gasteiger partial charge < -0.3 is 31.1 Å². The van der Waals surface area contributed by atoms with E-state index in [4.69, 9.17) is 0 Å². The lowest BCUT2D eigenvalue weighted by Crippen LogP contribution is -2.35. The molecule has 49 heavy (non-hydrogen) atoms. The van der Waals surface area contributed by atoms with Gasteiger partial charge in [-0.25, -0.2) is 14.6 Å². The summed E-state index contributed by atoms with van der Waals surface area (Å²) in [5, 5.41) is 29.2. The van der Waals surface area contributed by atoms with Crippen LogP contribution in [0.2, 0.25) is 0 Å². The average molecular weight is 656 g/mol. The third-order valence-corrected chi connectivity index (χ3v) is 8.05. The smallest absolute Gasteiger partial charge is 0.335 e. The van der Waals surface area contributed by atoms with E-state index in [-0.39, 0.29) is 41.0 Å². The largest absolute Gasteiger partial charge is 0.478 e. The zero-order valence-corrected chi connectivity index (χ0v) is 25.8. The normalized spacial score (nSPS) is 11.5. The SMILES string of the molecule is O=C(O)c1cc(NC(=O)C(CNC(=O)c2cc3nc[nH]c3cc2C(=O)NCc2cccc3ccccc23)c2ccccc2)cc(C(=O)O)c1. The molecule has 0 saturated heterocycles. The van der Waals surface area contributed by atoms with E-state index < -0.39 is 35.6 Å². The fourth-order valence-corrected chi connectivity index (χ4v) is 5.59. The number of nitrogens with zero attached hydrogens (tertiary/aromatic N) is 1. The number of aromatic nitrogens is 2. The summed E-state index contributed by atoms with van der Waals surface area (Å²) in [6, 6.07) is 28.5. The lowest BCUT2D eigenvalue weighted by atomic mass is 9.97. The number of hydrogen-bond donors (Lipinski definition) is 6. The Morgan fingerprint density at radius 3 is 2.10 bits per heavy atom. The quantitative estimate of drug-likeness (QED) is 0.110. The van der Waals surface area contributed by atoms with Crippen molar-refractivity contribution in [2.75, 3.05) is 11.9 Å². The van der Waals surface area contributed by atoms with E-state index in [1.807, 2.05) is 42.5 Å². The highest BCUT2D eigenvalue weighted by Crippen LogP contribution is 2.23. The lowest BCUT2D eigenvalue weighted by molar-refractivity contribution is -0.117. The Kier molecular flexibility index (Phi) is 9.11. The van der Waals surface area contributed by atoms with Crippen molar-refractivity contribution in [1.29, 1.82) is 0 Å². The van der Waals surface area contributed by atoms with Crippen LogP contribution in [0.15, 0.2) is 109 Å². The number of carbonyl (C=O) groups excluding carboxylic acids is 3. The molecule has 0 radical (unpaired) electrons. The summed E-state index contributed by atoms with van der Waals surface area (Å²) in [6.07, 6.45) is 1.45. The fraction of sp³-hybridized carbons (Fsp3) is 0.0811. The minimum absolute atomic E-state index is 0.0382. The van der Waals surface area contributed by atoms with Crippen LogP contribution in [0.3, 0.4) is 0 Å². The van der Waals surface area contributed by atoms with Crippen molar-refractivity contribution in [3.05, 3.63) is 143 Å². The van der Waals surface area contributed by atoms with Gasteiger partial charge in [0.05, 0.1) is 45.5 Å². The van der Waals surface area contributed by atoms with Gasteiger partial charge in [-0.15, -0.1) is 0 Å². The molecule has 1 unspecified atom stereocenters. The van der Waals surface area contributed by atoms with Crippen molar-refractivity contribution < 1.29 is 34.2 Å². The second-order valence-electron chi connectivity index (χ2n) is 11.2. The van der Waals surface area contributed by atoms with E-state index in [2.05, 4.69) is 25.9 Å². The number of amides is 3. The van der Waals surface area contributed by atoms with Crippen LogP contribution in [0.4, 0.5) is 5.69 Å². The van der Waals surface area contributed by atoms with Gasteiger partial charge in [0.2, 0.25) is 5.91 Å². The molecule has 0 saturated carbocycles. The van der Waals surface area contributed by atoms with Gasteiger partial charge in [0, 0.05) is 18.8 Å². The first-order valence-corrected chi connectivity index (χ1v) is 15.2. The molecule has 12 nitrogen and oxygen atoms in total. The molecular weight excluding hydrogens is 626 g/mol. The molecule has 0 aliphatic rings. The molecule has 6 rings (SSSR count). The van der Waals surface area contributed by atoms with Gasteiger partial charge in [-0.1, -0.05) is 72.8 Å². The number of carboxylic acid groups (broad SMARTS) is 2. The monoisotopic (exact) mass is 655 g/mol. The first kappa shape index (κ1) is 32.1. The van der Waals surface area contributed by atoms with E-state index in [1.54, 1.807) is 36.4 Å². The van der Waals surface area contributed by atoms with Crippen LogP contribution < -0.4 is 16.0 Å². The van der Waals surface area contributed by atoms with E-state index >= 15 is 0 Å². The number of carboxylic acids is 2. The number of benzene rings is 5. The number of imidazole rings is 1. The number of nitrogens with one attached hydrogen (secondary N) is 4. The number of rotatable bonds is 11. The maximum Gasteiger partial charge on any atom is 0.335 e. The van der Waals surface area contributed by atoms with Gasteiger partial charge in [0.25, 0.3) is 11.8 Å². The van der Waals surface area contributed by atoms with Gasteiger partial charge in [-0.05, 0) is 52.2 Å². The molecule has 1 aromatic heterocycles. The molecule has 0 bridgehead atoms. The lowest BCUT2D eigenvalue weighted by Gasteiger charge is -2.19. The highest BCUT2D eigenvalue weighted by atomic mass is 16.4. The Morgan fingerprint density at radius 2 is 1.37 bits per heavy atom. The van der Waals surface area contributed by atoms with Crippen LogP contribution in [0.1, 0.15) is 58.5 Å². The number of anilines is 1. The molecule has 0 aliphatic heterocycles. The molecule has 6 aromatic rings. The Hall–Kier alpha value is -6.82. The summed E-state index contributed by atoms with van der Waals surface area (Å²) >= 11 is 0. The zero-order valence-electron chi connectivity index (χ0n) is 25.8. The van der Waals surface area contributed by atoms with Crippen LogP contribution >= 0.6 is 0 Å². The van der Waals surface area contributed by atoms with E-state index in [1.165, 1.54) is 12.4 Å². The van der Waals surface area contributed by atoms with Gasteiger partial charge in [0.15, 0.2) is 0 Å². The highest BCUT2D eigenvalue weighted by Gasteiger charge is 2.25.